The van der Waals surface area contributed by atoms with Crippen molar-refractivity contribution in [2.75, 3.05) is 6.54 Å². The Labute approximate surface area is 118 Å². The molecule has 1 aliphatic heterocycles. The fraction of sp³-hybridized carbons (Fsp3) is 0.500. The number of rotatable bonds is 5. The number of pyridine rings is 1. The lowest BCUT2D eigenvalue weighted by Crippen LogP contribution is -2.46. The number of hydrogen-bond acceptors (Lipinski definition) is 4. The molecule has 0 bridgehead atoms. The highest BCUT2D eigenvalue weighted by atomic mass is 16.2. The minimum absolute atomic E-state index is 0.00326. The molecule has 6 heteroatoms. The standard InChI is InChI=1S/C14H20N4O2/c15-8-12-4-3-11(7-13(16)19)18(12)14(20)6-10-2-1-5-17-9-10/h1-2,5,9,11-12H,3-4,6-8,15H2,(H2,16,19)/t11-,12+/m1/s1. The highest BCUT2D eigenvalue weighted by Crippen LogP contribution is 2.26. The lowest BCUT2D eigenvalue weighted by Gasteiger charge is -2.29. The van der Waals surface area contributed by atoms with Crippen LogP contribution in [0.15, 0.2) is 24.5 Å². The third-order valence-corrected chi connectivity index (χ3v) is 3.69. The molecule has 4 N–H and O–H groups in total. The van der Waals surface area contributed by atoms with Crippen molar-refractivity contribution in [3.63, 3.8) is 0 Å². The monoisotopic (exact) mass is 276 g/mol. The smallest absolute Gasteiger partial charge is 0.227 e. The Balaban J connectivity index is 2.09. The van der Waals surface area contributed by atoms with Crippen molar-refractivity contribution in [3.05, 3.63) is 30.1 Å². The first-order valence-electron chi connectivity index (χ1n) is 6.80. The highest BCUT2D eigenvalue weighted by molar-refractivity contribution is 5.81. The van der Waals surface area contributed by atoms with E-state index in [1.807, 2.05) is 6.07 Å². The van der Waals surface area contributed by atoms with E-state index in [1.54, 1.807) is 23.4 Å². The van der Waals surface area contributed by atoms with Gasteiger partial charge in [-0.25, -0.2) is 0 Å². The number of primary amides is 1. The van der Waals surface area contributed by atoms with Crippen LogP contribution in [0.5, 0.6) is 0 Å². The second kappa shape index (κ2) is 6.47. The van der Waals surface area contributed by atoms with Gasteiger partial charge in [0, 0.05) is 37.4 Å². The molecule has 2 rings (SSSR count). The molecule has 6 nitrogen and oxygen atoms in total. The predicted octanol–water partition coefficient (Wildman–Crippen LogP) is -0.182. The first-order valence-corrected chi connectivity index (χ1v) is 6.80. The summed E-state index contributed by atoms with van der Waals surface area (Å²) in [4.78, 5) is 29.3. The second-order valence-electron chi connectivity index (χ2n) is 5.13. The van der Waals surface area contributed by atoms with E-state index in [-0.39, 0.29) is 36.7 Å². The largest absolute Gasteiger partial charge is 0.370 e. The summed E-state index contributed by atoms with van der Waals surface area (Å²) in [6.45, 7) is 0.411. The summed E-state index contributed by atoms with van der Waals surface area (Å²) in [6, 6.07) is 3.55. The number of aromatic nitrogens is 1. The second-order valence-corrected chi connectivity index (χ2v) is 5.13. The molecule has 0 aromatic carbocycles. The predicted molar refractivity (Wildman–Crippen MR) is 74.5 cm³/mol. The van der Waals surface area contributed by atoms with Gasteiger partial charge in [0.25, 0.3) is 0 Å². The molecular weight excluding hydrogens is 256 g/mol. The number of carbonyl (C=O) groups is 2. The molecule has 2 amide bonds. The zero-order valence-corrected chi connectivity index (χ0v) is 11.4. The molecule has 1 aromatic heterocycles. The lowest BCUT2D eigenvalue weighted by atomic mass is 10.1. The van der Waals surface area contributed by atoms with Gasteiger partial charge < -0.3 is 16.4 Å². The average Bonchev–Trinajstić information content (AvgIpc) is 2.82. The molecule has 1 aromatic rings. The lowest BCUT2D eigenvalue weighted by molar-refractivity contribution is -0.134. The van der Waals surface area contributed by atoms with Gasteiger partial charge in [-0.3, -0.25) is 14.6 Å². The zero-order valence-electron chi connectivity index (χ0n) is 11.4. The minimum Gasteiger partial charge on any atom is -0.370 e. The van der Waals surface area contributed by atoms with Crippen LogP contribution in [-0.2, 0) is 16.0 Å². The number of nitrogens with zero attached hydrogens (tertiary/aromatic N) is 2. The maximum Gasteiger partial charge on any atom is 0.227 e. The topological polar surface area (TPSA) is 102 Å². The molecule has 0 aliphatic carbocycles. The molecule has 1 saturated heterocycles. The number of nitrogens with two attached hydrogens (primary N) is 2. The van der Waals surface area contributed by atoms with Crippen LogP contribution in [-0.4, -0.2) is 40.3 Å². The first-order chi connectivity index (χ1) is 9.61. The summed E-state index contributed by atoms with van der Waals surface area (Å²) in [5.74, 6) is -0.399. The molecule has 0 radical (unpaired) electrons. The van der Waals surface area contributed by atoms with Crippen molar-refractivity contribution in [2.45, 2.75) is 37.8 Å². The fourth-order valence-corrected chi connectivity index (χ4v) is 2.80. The van der Waals surface area contributed by atoms with E-state index >= 15 is 0 Å². The average molecular weight is 276 g/mol. The Bertz CT molecular complexity index is 477. The van der Waals surface area contributed by atoms with E-state index in [0.29, 0.717) is 6.54 Å². The summed E-state index contributed by atoms with van der Waals surface area (Å²) in [6.07, 6.45) is 5.43. The van der Waals surface area contributed by atoms with Crippen molar-refractivity contribution < 1.29 is 9.59 Å². The van der Waals surface area contributed by atoms with Crippen molar-refractivity contribution in [2.24, 2.45) is 11.5 Å². The fourth-order valence-electron chi connectivity index (χ4n) is 2.80. The summed E-state index contributed by atoms with van der Waals surface area (Å²) < 4.78 is 0. The molecular formula is C14H20N4O2. The maximum atomic E-state index is 12.5. The van der Waals surface area contributed by atoms with Crippen LogP contribution in [0.2, 0.25) is 0 Å². The first kappa shape index (κ1) is 14.5. The van der Waals surface area contributed by atoms with Crippen LogP contribution in [0.3, 0.4) is 0 Å². The minimum atomic E-state index is -0.383. The van der Waals surface area contributed by atoms with Crippen LogP contribution in [0, 0.1) is 0 Å². The highest BCUT2D eigenvalue weighted by Gasteiger charge is 2.36. The van der Waals surface area contributed by atoms with Gasteiger partial charge in [0.2, 0.25) is 11.8 Å². The van der Waals surface area contributed by atoms with Crippen LogP contribution < -0.4 is 11.5 Å². The molecule has 0 spiro atoms. The normalized spacial score (nSPS) is 21.9. The quantitative estimate of drug-likeness (QED) is 0.778. The van der Waals surface area contributed by atoms with E-state index in [1.165, 1.54) is 0 Å². The van der Waals surface area contributed by atoms with Crippen molar-refractivity contribution in [1.29, 1.82) is 0 Å². The van der Waals surface area contributed by atoms with E-state index in [2.05, 4.69) is 4.98 Å². The Morgan fingerprint density at radius 1 is 1.35 bits per heavy atom. The van der Waals surface area contributed by atoms with Gasteiger partial charge in [0.1, 0.15) is 0 Å². The maximum absolute atomic E-state index is 12.5. The zero-order chi connectivity index (χ0) is 14.5. The SMILES string of the molecule is NC[C@@H]1CC[C@H](CC(N)=O)N1C(=O)Cc1cccnc1. The van der Waals surface area contributed by atoms with Crippen LogP contribution in [0.4, 0.5) is 0 Å². The number of amides is 2. The number of carbonyl (C=O) groups excluding carboxylic acids is 2. The van der Waals surface area contributed by atoms with E-state index in [9.17, 15) is 9.59 Å². The van der Waals surface area contributed by atoms with Gasteiger partial charge in [0.05, 0.1) is 6.42 Å². The van der Waals surface area contributed by atoms with Gasteiger partial charge in [-0.2, -0.15) is 0 Å². The van der Waals surface area contributed by atoms with E-state index in [4.69, 9.17) is 11.5 Å². The van der Waals surface area contributed by atoms with Gasteiger partial charge in [0.15, 0.2) is 0 Å². The van der Waals surface area contributed by atoms with Gasteiger partial charge in [-0.05, 0) is 24.5 Å². The molecule has 1 aliphatic rings. The van der Waals surface area contributed by atoms with Crippen LogP contribution in [0.1, 0.15) is 24.8 Å². The van der Waals surface area contributed by atoms with Crippen LogP contribution >= 0.6 is 0 Å². The molecule has 0 unspecified atom stereocenters. The van der Waals surface area contributed by atoms with Crippen molar-refractivity contribution in [3.8, 4) is 0 Å². The molecule has 2 heterocycles. The van der Waals surface area contributed by atoms with Gasteiger partial charge in [-0.1, -0.05) is 6.07 Å². The van der Waals surface area contributed by atoms with Gasteiger partial charge >= 0.3 is 0 Å². The molecule has 20 heavy (non-hydrogen) atoms. The Kier molecular flexibility index (Phi) is 4.68. The third-order valence-electron chi connectivity index (χ3n) is 3.69. The van der Waals surface area contributed by atoms with E-state index < -0.39 is 0 Å². The Hall–Kier alpha value is -1.95. The van der Waals surface area contributed by atoms with Gasteiger partial charge in [-0.15, -0.1) is 0 Å². The summed E-state index contributed by atoms with van der Waals surface area (Å²) in [5, 5.41) is 0. The summed E-state index contributed by atoms with van der Waals surface area (Å²) in [5.41, 5.74) is 11.8. The van der Waals surface area contributed by atoms with Crippen LogP contribution in [0.25, 0.3) is 0 Å². The summed E-state index contributed by atoms with van der Waals surface area (Å²) >= 11 is 0. The molecule has 2 atom stereocenters. The Morgan fingerprint density at radius 3 is 2.70 bits per heavy atom. The summed E-state index contributed by atoms with van der Waals surface area (Å²) in [7, 11) is 0. The molecule has 1 fully saturated rings. The van der Waals surface area contributed by atoms with Crippen molar-refractivity contribution in [1.82, 2.24) is 9.88 Å². The van der Waals surface area contributed by atoms with Crippen molar-refractivity contribution >= 4 is 11.8 Å². The molecule has 0 saturated carbocycles. The third kappa shape index (κ3) is 3.33. The van der Waals surface area contributed by atoms with E-state index in [0.717, 1.165) is 18.4 Å². The number of likely N-dealkylation sites (tertiary alicyclic amines) is 1. The molecule has 108 valence electrons. The Morgan fingerprint density at radius 2 is 2.10 bits per heavy atom. The number of hydrogen-bond donors (Lipinski definition) is 2.